The Balaban J connectivity index is 1.90. The number of benzene rings is 1. The first-order valence-electron chi connectivity index (χ1n) is 7.63. The zero-order valence-corrected chi connectivity index (χ0v) is 13.1. The molecule has 0 saturated carbocycles. The summed E-state index contributed by atoms with van der Waals surface area (Å²) in [7, 11) is 2.13. The van der Waals surface area contributed by atoms with Crippen LogP contribution in [0.3, 0.4) is 0 Å². The summed E-state index contributed by atoms with van der Waals surface area (Å²) in [5.41, 5.74) is 2.10. The Morgan fingerprint density at radius 3 is 2.62 bits per heavy atom. The molecule has 0 spiro atoms. The Kier molecular flexibility index (Phi) is 3.64. The van der Waals surface area contributed by atoms with E-state index in [2.05, 4.69) is 48.9 Å². The van der Waals surface area contributed by atoms with E-state index in [1.165, 1.54) is 5.56 Å². The average molecular weight is 285 g/mol. The number of para-hydroxylation sites is 1. The fourth-order valence-corrected chi connectivity index (χ4v) is 3.28. The maximum Gasteiger partial charge on any atom is 0.129 e. The molecular formula is C17H23N3O. The fourth-order valence-electron chi connectivity index (χ4n) is 3.28. The normalized spacial score (nSPS) is 23.1. The molecule has 1 saturated heterocycles. The summed E-state index contributed by atoms with van der Waals surface area (Å²) >= 11 is 0. The molecule has 112 valence electrons. The van der Waals surface area contributed by atoms with Crippen molar-refractivity contribution in [2.45, 2.75) is 31.9 Å². The summed E-state index contributed by atoms with van der Waals surface area (Å²) in [5.74, 6) is 0.938. The second-order valence-electron chi connectivity index (χ2n) is 6.74. The molecule has 0 amide bonds. The summed E-state index contributed by atoms with van der Waals surface area (Å²) < 4.78 is 6.13. The van der Waals surface area contributed by atoms with E-state index >= 15 is 0 Å². The van der Waals surface area contributed by atoms with Gasteiger partial charge in [0.15, 0.2) is 0 Å². The van der Waals surface area contributed by atoms with Crippen molar-refractivity contribution in [3.63, 3.8) is 0 Å². The first-order valence-corrected chi connectivity index (χ1v) is 7.63. The summed E-state index contributed by atoms with van der Waals surface area (Å²) in [6.45, 7) is 8.10. The Bertz CT molecular complexity index is 568. The van der Waals surface area contributed by atoms with Gasteiger partial charge in [-0.1, -0.05) is 18.2 Å². The number of nitrogens with zero attached hydrogens (tertiary/aromatic N) is 3. The standard InChI is InChI=1S/C17H23N3O/c1-17(2)11-13-5-4-6-14(16(13)21-17)15(12-18)20-9-7-19(3)8-10-20/h4-6,15H,7-11H2,1-3H3. The highest BCUT2D eigenvalue weighted by Gasteiger charge is 2.35. The van der Waals surface area contributed by atoms with Gasteiger partial charge in [0, 0.05) is 38.2 Å². The van der Waals surface area contributed by atoms with Crippen LogP contribution in [0.4, 0.5) is 0 Å². The third-order valence-electron chi connectivity index (χ3n) is 4.44. The Morgan fingerprint density at radius 1 is 1.24 bits per heavy atom. The highest BCUT2D eigenvalue weighted by Crippen LogP contribution is 2.41. The topological polar surface area (TPSA) is 39.5 Å². The van der Waals surface area contributed by atoms with E-state index in [0.29, 0.717) is 0 Å². The molecule has 0 bridgehead atoms. The molecule has 21 heavy (non-hydrogen) atoms. The Morgan fingerprint density at radius 2 is 1.95 bits per heavy atom. The minimum absolute atomic E-state index is 0.166. The molecule has 2 aliphatic rings. The lowest BCUT2D eigenvalue weighted by molar-refractivity contribution is 0.120. The smallest absolute Gasteiger partial charge is 0.129 e. The Labute approximate surface area is 126 Å². The van der Waals surface area contributed by atoms with Crippen LogP contribution in [0.1, 0.15) is 31.0 Å². The molecule has 1 fully saturated rings. The van der Waals surface area contributed by atoms with Crippen molar-refractivity contribution in [3.05, 3.63) is 29.3 Å². The minimum atomic E-state index is -0.206. The SMILES string of the molecule is CN1CCN(C(C#N)c2cccc3c2OC(C)(C)C3)CC1. The number of piperazine rings is 1. The van der Waals surface area contributed by atoms with Gasteiger partial charge in [-0.15, -0.1) is 0 Å². The first-order chi connectivity index (χ1) is 10.00. The molecule has 0 aliphatic carbocycles. The van der Waals surface area contributed by atoms with Crippen LogP contribution in [-0.4, -0.2) is 48.6 Å². The van der Waals surface area contributed by atoms with E-state index in [0.717, 1.165) is 43.9 Å². The van der Waals surface area contributed by atoms with Crippen molar-refractivity contribution >= 4 is 0 Å². The number of ether oxygens (including phenoxy) is 1. The highest BCUT2D eigenvalue weighted by molar-refractivity contribution is 5.48. The summed E-state index contributed by atoms with van der Waals surface area (Å²) in [4.78, 5) is 4.57. The van der Waals surface area contributed by atoms with Gasteiger partial charge in [0.2, 0.25) is 0 Å². The van der Waals surface area contributed by atoms with Gasteiger partial charge in [-0.25, -0.2) is 0 Å². The monoisotopic (exact) mass is 285 g/mol. The van der Waals surface area contributed by atoms with Gasteiger partial charge >= 0.3 is 0 Å². The van der Waals surface area contributed by atoms with E-state index in [4.69, 9.17) is 4.74 Å². The second-order valence-corrected chi connectivity index (χ2v) is 6.74. The third kappa shape index (κ3) is 2.76. The molecule has 0 N–H and O–H groups in total. The molecule has 0 radical (unpaired) electrons. The molecule has 1 aromatic carbocycles. The molecule has 3 rings (SSSR count). The van der Waals surface area contributed by atoms with Crippen LogP contribution < -0.4 is 4.74 Å². The molecule has 2 aliphatic heterocycles. The molecule has 4 nitrogen and oxygen atoms in total. The van der Waals surface area contributed by atoms with Gasteiger partial charge < -0.3 is 9.64 Å². The number of hydrogen-bond donors (Lipinski definition) is 0. The van der Waals surface area contributed by atoms with Gasteiger partial charge in [0.25, 0.3) is 0 Å². The lowest BCUT2D eigenvalue weighted by Crippen LogP contribution is -2.45. The van der Waals surface area contributed by atoms with Crippen molar-refractivity contribution in [2.24, 2.45) is 0 Å². The van der Waals surface area contributed by atoms with Gasteiger partial charge in [0.1, 0.15) is 17.4 Å². The van der Waals surface area contributed by atoms with Crippen molar-refractivity contribution < 1.29 is 4.74 Å². The van der Waals surface area contributed by atoms with Gasteiger partial charge in [0.05, 0.1) is 6.07 Å². The highest BCUT2D eigenvalue weighted by atomic mass is 16.5. The number of likely N-dealkylation sites (N-methyl/N-ethyl adjacent to an activating group) is 1. The predicted octanol–water partition coefficient (Wildman–Crippen LogP) is 2.21. The average Bonchev–Trinajstić information content (AvgIpc) is 2.76. The number of hydrogen-bond acceptors (Lipinski definition) is 4. The van der Waals surface area contributed by atoms with E-state index in [1.807, 2.05) is 6.07 Å². The number of rotatable bonds is 2. The summed E-state index contributed by atoms with van der Waals surface area (Å²) in [6, 6.07) is 8.50. The molecule has 4 heteroatoms. The number of nitriles is 1. The van der Waals surface area contributed by atoms with E-state index in [9.17, 15) is 5.26 Å². The van der Waals surface area contributed by atoms with Gasteiger partial charge in [-0.2, -0.15) is 5.26 Å². The third-order valence-corrected chi connectivity index (χ3v) is 4.44. The minimum Gasteiger partial charge on any atom is -0.487 e. The van der Waals surface area contributed by atoms with Gasteiger partial charge in [-0.05, 0) is 26.5 Å². The number of fused-ring (bicyclic) bond motifs is 1. The van der Waals surface area contributed by atoms with Crippen LogP contribution in [0, 0.1) is 11.3 Å². The van der Waals surface area contributed by atoms with E-state index in [1.54, 1.807) is 0 Å². The maximum atomic E-state index is 9.70. The van der Waals surface area contributed by atoms with E-state index in [-0.39, 0.29) is 11.6 Å². The zero-order valence-electron chi connectivity index (χ0n) is 13.1. The predicted molar refractivity (Wildman–Crippen MR) is 82.3 cm³/mol. The molecule has 2 heterocycles. The van der Waals surface area contributed by atoms with Crippen LogP contribution in [0.5, 0.6) is 5.75 Å². The van der Waals surface area contributed by atoms with Gasteiger partial charge in [-0.3, -0.25) is 4.90 Å². The van der Waals surface area contributed by atoms with Crippen molar-refractivity contribution in [2.75, 3.05) is 33.2 Å². The summed E-state index contributed by atoms with van der Waals surface area (Å²) in [6.07, 6.45) is 0.914. The van der Waals surface area contributed by atoms with Crippen molar-refractivity contribution in [1.82, 2.24) is 9.80 Å². The van der Waals surface area contributed by atoms with Crippen LogP contribution in [0.2, 0.25) is 0 Å². The lowest BCUT2D eigenvalue weighted by Gasteiger charge is -2.35. The quantitative estimate of drug-likeness (QED) is 0.835. The van der Waals surface area contributed by atoms with Crippen molar-refractivity contribution in [3.8, 4) is 11.8 Å². The zero-order chi connectivity index (χ0) is 15.0. The van der Waals surface area contributed by atoms with Crippen LogP contribution in [-0.2, 0) is 6.42 Å². The summed E-state index contributed by atoms with van der Waals surface area (Å²) in [5, 5.41) is 9.70. The van der Waals surface area contributed by atoms with Crippen LogP contribution in [0.15, 0.2) is 18.2 Å². The molecule has 1 atom stereocenters. The first kappa shape index (κ1) is 14.4. The molecule has 1 unspecified atom stereocenters. The van der Waals surface area contributed by atoms with Crippen molar-refractivity contribution in [1.29, 1.82) is 5.26 Å². The second kappa shape index (κ2) is 5.32. The van der Waals surface area contributed by atoms with E-state index < -0.39 is 0 Å². The molecular weight excluding hydrogens is 262 g/mol. The van der Waals surface area contributed by atoms with Crippen LogP contribution in [0.25, 0.3) is 0 Å². The Hall–Kier alpha value is -1.57. The maximum absolute atomic E-state index is 9.70. The van der Waals surface area contributed by atoms with Crippen LogP contribution >= 0.6 is 0 Å². The fraction of sp³-hybridized carbons (Fsp3) is 0.588. The molecule has 1 aromatic rings. The molecule has 0 aromatic heterocycles. The lowest BCUT2D eigenvalue weighted by atomic mass is 9.98. The largest absolute Gasteiger partial charge is 0.487 e.